The van der Waals surface area contributed by atoms with Crippen molar-refractivity contribution in [3.8, 4) is 0 Å². The molecule has 2 heterocycles. The molecule has 1 aromatic carbocycles. The van der Waals surface area contributed by atoms with Crippen LogP contribution in [0.4, 0.5) is 0 Å². The van der Waals surface area contributed by atoms with Gasteiger partial charge in [0.15, 0.2) is 5.17 Å². The molecule has 2 aromatic rings. The van der Waals surface area contributed by atoms with Crippen molar-refractivity contribution in [3.63, 3.8) is 0 Å². The van der Waals surface area contributed by atoms with Gasteiger partial charge in [-0.15, -0.1) is 0 Å². The van der Waals surface area contributed by atoms with E-state index in [1.807, 2.05) is 36.5 Å². The van der Waals surface area contributed by atoms with Crippen molar-refractivity contribution >= 4 is 28.5 Å². The highest BCUT2D eigenvalue weighted by Gasteiger charge is 2.31. The normalized spacial score (nSPS) is 22.8. The lowest BCUT2D eigenvalue weighted by Crippen LogP contribution is -2.45. The van der Waals surface area contributed by atoms with Crippen molar-refractivity contribution in [2.24, 2.45) is 4.99 Å². The molecule has 0 aliphatic carbocycles. The molecule has 1 saturated heterocycles. The second kappa shape index (κ2) is 7.37. The summed E-state index contributed by atoms with van der Waals surface area (Å²) in [5.41, 5.74) is 2.51. The van der Waals surface area contributed by atoms with Gasteiger partial charge in [0, 0.05) is 47.6 Å². The van der Waals surface area contributed by atoms with Gasteiger partial charge >= 0.3 is 0 Å². The highest BCUT2D eigenvalue weighted by Crippen LogP contribution is 2.31. The number of aromatic nitrogens is 1. The van der Waals surface area contributed by atoms with Crippen molar-refractivity contribution in [2.75, 3.05) is 18.8 Å². The molecule has 1 N–H and O–H groups in total. The maximum absolute atomic E-state index is 5.98. The Morgan fingerprint density at radius 2 is 2.09 bits per heavy atom. The van der Waals surface area contributed by atoms with Crippen LogP contribution in [0.15, 0.2) is 53.7 Å². The maximum Gasteiger partial charge on any atom is 0.156 e. The molecule has 23 heavy (non-hydrogen) atoms. The number of nitrogens with zero attached hydrogens (tertiary/aromatic N) is 2. The lowest BCUT2D eigenvalue weighted by atomic mass is 9.84. The number of benzene rings is 1. The van der Waals surface area contributed by atoms with Crippen LogP contribution in [0.5, 0.6) is 0 Å². The first-order valence-corrected chi connectivity index (χ1v) is 9.09. The van der Waals surface area contributed by atoms with E-state index in [9.17, 15) is 0 Å². The highest BCUT2D eigenvalue weighted by atomic mass is 35.5. The van der Waals surface area contributed by atoms with Gasteiger partial charge in [0.2, 0.25) is 0 Å². The number of aliphatic imine (C=N–C) groups is 1. The van der Waals surface area contributed by atoms with Gasteiger partial charge < -0.3 is 5.32 Å². The van der Waals surface area contributed by atoms with Crippen LogP contribution >= 0.6 is 23.4 Å². The first kappa shape index (κ1) is 16.3. The second-order valence-corrected chi connectivity index (χ2v) is 7.37. The van der Waals surface area contributed by atoms with E-state index < -0.39 is 0 Å². The first-order chi connectivity index (χ1) is 11.2. The Labute approximate surface area is 146 Å². The molecule has 1 aliphatic heterocycles. The standard InChI is InChI=1S/C18H20ClN3S/c1-18(14-5-7-15(19)8-6-14)12-22-17(23-13-18)21-11-9-16-4-2-3-10-20-16/h2-8,10H,9,11-13H2,1H3,(H,21,22). The van der Waals surface area contributed by atoms with Crippen molar-refractivity contribution < 1.29 is 0 Å². The fourth-order valence-electron chi connectivity index (χ4n) is 2.56. The van der Waals surface area contributed by atoms with Gasteiger partial charge in [-0.2, -0.15) is 0 Å². The predicted octanol–water partition coefficient (Wildman–Crippen LogP) is 3.93. The molecular weight excluding hydrogens is 326 g/mol. The van der Waals surface area contributed by atoms with E-state index in [1.54, 1.807) is 11.8 Å². The third-order valence-electron chi connectivity index (χ3n) is 4.05. The number of hydrogen-bond acceptors (Lipinski definition) is 3. The van der Waals surface area contributed by atoms with Gasteiger partial charge in [0.25, 0.3) is 0 Å². The van der Waals surface area contributed by atoms with E-state index in [4.69, 9.17) is 11.6 Å². The molecule has 120 valence electrons. The average Bonchev–Trinajstić information content (AvgIpc) is 2.58. The summed E-state index contributed by atoms with van der Waals surface area (Å²) in [6.07, 6.45) is 2.70. The number of pyridine rings is 1. The lowest BCUT2D eigenvalue weighted by molar-refractivity contribution is 0.518. The molecule has 0 radical (unpaired) electrons. The van der Waals surface area contributed by atoms with E-state index in [-0.39, 0.29) is 5.41 Å². The van der Waals surface area contributed by atoms with Crippen molar-refractivity contribution in [3.05, 3.63) is 64.9 Å². The third kappa shape index (κ3) is 4.27. The molecule has 0 bridgehead atoms. The number of rotatable bonds is 4. The summed E-state index contributed by atoms with van der Waals surface area (Å²) < 4.78 is 0. The van der Waals surface area contributed by atoms with E-state index in [1.165, 1.54) is 5.56 Å². The van der Waals surface area contributed by atoms with Crippen molar-refractivity contribution in [1.29, 1.82) is 0 Å². The number of halogens is 1. The zero-order valence-corrected chi connectivity index (χ0v) is 14.7. The van der Waals surface area contributed by atoms with Gasteiger partial charge in [0.1, 0.15) is 0 Å². The Hall–Kier alpha value is -1.52. The molecule has 0 amide bonds. The minimum atomic E-state index is 0.106. The molecule has 1 atom stereocenters. The van der Waals surface area contributed by atoms with Crippen LogP contribution in [-0.2, 0) is 11.8 Å². The Morgan fingerprint density at radius 1 is 1.26 bits per heavy atom. The molecular formula is C18H20ClN3S. The summed E-state index contributed by atoms with van der Waals surface area (Å²) in [5, 5.41) is 5.29. The minimum Gasteiger partial charge on any atom is -0.364 e. The fourth-order valence-corrected chi connectivity index (χ4v) is 3.76. The quantitative estimate of drug-likeness (QED) is 0.912. The Balaban J connectivity index is 1.55. The fraction of sp³-hybridized carbons (Fsp3) is 0.333. The van der Waals surface area contributed by atoms with Gasteiger partial charge in [-0.1, -0.05) is 48.5 Å². The third-order valence-corrected chi connectivity index (χ3v) is 5.63. The highest BCUT2D eigenvalue weighted by molar-refractivity contribution is 8.13. The smallest absolute Gasteiger partial charge is 0.156 e. The number of amidine groups is 1. The largest absolute Gasteiger partial charge is 0.364 e. The zero-order chi connectivity index (χ0) is 16.1. The molecule has 1 unspecified atom stereocenters. The summed E-state index contributed by atoms with van der Waals surface area (Å²) >= 11 is 7.77. The van der Waals surface area contributed by atoms with Crippen LogP contribution in [0.3, 0.4) is 0 Å². The minimum absolute atomic E-state index is 0.106. The van der Waals surface area contributed by atoms with E-state index >= 15 is 0 Å². The summed E-state index contributed by atoms with van der Waals surface area (Å²) in [4.78, 5) is 8.98. The van der Waals surface area contributed by atoms with Crippen LogP contribution in [-0.4, -0.2) is 29.0 Å². The number of thioether (sulfide) groups is 1. The zero-order valence-electron chi connectivity index (χ0n) is 13.1. The topological polar surface area (TPSA) is 37.3 Å². The van der Waals surface area contributed by atoms with Gasteiger partial charge in [-0.05, 0) is 29.8 Å². The number of nitrogens with one attached hydrogen (secondary N) is 1. The van der Waals surface area contributed by atoms with Crippen LogP contribution in [0.1, 0.15) is 18.2 Å². The van der Waals surface area contributed by atoms with E-state index in [2.05, 4.69) is 34.3 Å². The molecule has 1 fully saturated rings. The molecule has 3 rings (SSSR count). The Kier molecular flexibility index (Phi) is 5.23. The average molecular weight is 346 g/mol. The van der Waals surface area contributed by atoms with Crippen LogP contribution in [0, 0.1) is 0 Å². The maximum atomic E-state index is 5.98. The lowest BCUT2D eigenvalue weighted by Gasteiger charge is -2.35. The summed E-state index contributed by atoms with van der Waals surface area (Å²) in [6, 6.07) is 14.2. The van der Waals surface area contributed by atoms with Crippen LogP contribution < -0.4 is 5.32 Å². The summed E-state index contributed by atoms with van der Waals surface area (Å²) in [7, 11) is 0. The summed E-state index contributed by atoms with van der Waals surface area (Å²) in [5.74, 6) is 1.02. The first-order valence-electron chi connectivity index (χ1n) is 7.73. The molecule has 3 nitrogen and oxygen atoms in total. The SMILES string of the molecule is CC1(c2ccc(Cl)cc2)CNC(=NCCc2ccccn2)SC1. The van der Waals surface area contributed by atoms with Gasteiger partial charge in [-0.25, -0.2) is 0 Å². The van der Waals surface area contributed by atoms with Crippen LogP contribution in [0.2, 0.25) is 5.02 Å². The van der Waals surface area contributed by atoms with Gasteiger partial charge in [0.05, 0.1) is 0 Å². The second-order valence-electron chi connectivity index (χ2n) is 5.97. The molecule has 0 saturated carbocycles. The van der Waals surface area contributed by atoms with Crippen LogP contribution in [0.25, 0.3) is 0 Å². The monoisotopic (exact) mass is 345 g/mol. The van der Waals surface area contributed by atoms with Gasteiger partial charge in [-0.3, -0.25) is 9.98 Å². The predicted molar refractivity (Wildman–Crippen MR) is 99.5 cm³/mol. The van der Waals surface area contributed by atoms with E-state index in [0.717, 1.165) is 41.1 Å². The Morgan fingerprint density at radius 3 is 2.74 bits per heavy atom. The Bertz CT molecular complexity index is 660. The molecule has 1 aliphatic rings. The van der Waals surface area contributed by atoms with Crippen molar-refractivity contribution in [2.45, 2.75) is 18.8 Å². The molecule has 1 aromatic heterocycles. The van der Waals surface area contributed by atoms with Crippen molar-refractivity contribution in [1.82, 2.24) is 10.3 Å². The molecule has 0 spiro atoms. The summed E-state index contributed by atoms with van der Waals surface area (Å²) in [6.45, 7) is 3.94. The van der Waals surface area contributed by atoms with E-state index in [0.29, 0.717) is 0 Å². The molecule has 5 heteroatoms. The number of hydrogen-bond donors (Lipinski definition) is 1.